The largest absolute Gasteiger partial charge is 0.355 e. The minimum absolute atomic E-state index is 0.0000514. The van der Waals surface area contributed by atoms with E-state index in [0.29, 0.717) is 19.8 Å². The molecule has 0 aromatic carbocycles. The number of rotatable bonds is 9. The Balaban J connectivity index is 2.73. The highest BCUT2D eigenvalue weighted by Gasteiger charge is 1.89. The van der Waals surface area contributed by atoms with E-state index in [9.17, 15) is 5.11 Å². The smallest absolute Gasteiger partial charge is 0.146 e. The summed E-state index contributed by atoms with van der Waals surface area (Å²) in [6, 6.07) is 0. The molecule has 0 N–H and O–H groups in total. The summed E-state index contributed by atoms with van der Waals surface area (Å²) in [6.07, 6.45) is 3.79. The fourth-order valence-corrected chi connectivity index (χ4v) is 0.729. The van der Waals surface area contributed by atoms with Crippen LogP contribution in [-0.2, 0) is 14.6 Å². The van der Waals surface area contributed by atoms with Gasteiger partial charge in [-0.3, -0.25) is 0 Å². The Labute approximate surface area is 74.7 Å². The number of unbranched alkanes of at least 4 members (excludes halogenated alkanes) is 2. The molecular weight excluding hydrogens is 156 g/mol. The summed E-state index contributed by atoms with van der Waals surface area (Å²) in [6.45, 7) is 3.92. The van der Waals surface area contributed by atoms with Crippen LogP contribution in [0.1, 0.15) is 32.6 Å². The highest BCUT2D eigenvalue weighted by molar-refractivity contribution is 4.34. The second-order valence-electron chi connectivity index (χ2n) is 2.70. The first-order valence-corrected chi connectivity index (χ1v) is 4.65. The van der Waals surface area contributed by atoms with Gasteiger partial charge in [-0.2, -0.15) is 0 Å². The van der Waals surface area contributed by atoms with Crippen molar-refractivity contribution in [3.05, 3.63) is 0 Å². The number of ether oxygens (including phenoxy) is 2. The van der Waals surface area contributed by atoms with Crippen LogP contribution in [0.15, 0.2) is 0 Å². The lowest BCUT2D eigenvalue weighted by Gasteiger charge is -2.03. The molecule has 0 aliphatic carbocycles. The molecule has 0 fully saturated rings. The summed E-state index contributed by atoms with van der Waals surface area (Å²) in [5.74, 6) is 0. The van der Waals surface area contributed by atoms with Crippen LogP contribution < -0.4 is 0 Å². The Hall–Kier alpha value is -0.120. The molecule has 3 heteroatoms. The summed E-state index contributed by atoms with van der Waals surface area (Å²) in [4.78, 5) is 0. The first kappa shape index (κ1) is 11.9. The van der Waals surface area contributed by atoms with E-state index >= 15 is 0 Å². The maximum Gasteiger partial charge on any atom is 0.146 e. The minimum atomic E-state index is 0.0000514. The van der Waals surface area contributed by atoms with Gasteiger partial charge in [-0.1, -0.05) is 13.3 Å². The van der Waals surface area contributed by atoms with Gasteiger partial charge in [0.25, 0.3) is 0 Å². The predicted molar refractivity (Wildman–Crippen MR) is 46.5 cm³/mol. The van der Waals surface area contributed by atoms with Gasteiger partial charge in [-0.05, 0) is 19.3 Å². The fraction of sp³-hybridized carbons (Fsp3) is 1.00. The van der Waals surface area contributed by atoms with E-state index in [1.165, 1.54) is 0 Å². The molecule has 0 aliphatic rings. The van der Waals surface area contributed by atoms with Gasteiger partial charge >= 0.3 is 0 Å². The first-order chi connectivity index (χ1) is 5.91. The standard InChI is InChI=1S/C9H19O3/c1-2-3-7-11-9-12-8-5-4-6-10/h2-9H2,1H3. The molecular formula is C9H19O3. The predicted octanol–water partition coefficient (Wildman–Crippen LogP) is 1.99. The Bertz CT molecular complexity index is 66.2. The van der Waals surface area contributed by atoms with E-state index in [1.54, 1.807) is 0 Å². The molecule has 0 saturated carbocycles. The monoisotopic (exact) mass is 175 g/mol. The number of hydrogen-bond donors (Lipinski definition) is 0. The molecule has 0 amide bonds. The van der Waals surface area contributed by atoms with E-state index in [4.69, 9.17) is 9.47 Å². The van der Waals surface area contributed by atoms with Crippen LogP contribution in [0.25, 0.3) is 0 Å². The Morgan fingerprint density at radius 1 is 1.00 bits per heavy atom. The molecule has 0 aliphatic heterocycles. The second-order valence-corrected chi connectivity index (χ2v) is 2.70. The van der Waals surface area contributed by atoms with Crippen LogP contribution in [0, 0.1) is 0 Å². The molecule has 1 radical (unpaired) electrons. The zero-order valence-corrected chi connectivity index (χ0v) is 7.88. The maximum absolute atomic E-state index is 10.0. The molecule has 0 aromatic rings. The van der Waals surface area contributed by atoms with Gasteiger partial charge in [0.05, 0.1) is 6.61 Å². The summed E-state index contributed by atoms with van der Waals surface area (Å²) in [7, 11) is 0. The van der Waals surface area contributed by atoms with Crippen molar-refractivity contribution in [1.82, 2.24) is 0 Å². The summed E-state index contributed by atoms with van der Waals surface area (Å²) in [5.41, 5.74) is 0. The van der Waals surface area contributed by atoms with E-state index in [1.807, 2.05) is 0 Å². The van der Waals surface area contributed by atoms with Crippen molar-refractivity contribution < 1.29 is 14.6 Å². The minimum Gasteiger partial charge on any atom is -0.355 e. The summed E-state index contributed by atoms with van der Waals surface area (Å²) < 4.78 is 10.3. The van der Waals surface area contributed by atoms with Crippen molar-refractivity contribution in [3.8, 4) is 0 Å². The zero-order chi connectivity index (χ0) is 9.07. The molecule has 3 nitrogen and oxygen atoms in total. The third-order valence-electron chi connectivity index (χ3n) is 1.49. The van der Waals surface area contributed by atoms with Crippen LogP contribution in [0.5, 0.6) is 0 Å². The van der Waals surface area contributed by atoms with E-state index in [0.717, 1.165) is 25.9 Å². The quantitative estimate of drug-likeness (QED) is 0.397. The second kappa shape index (κ2) is 10.9. The molecule has 73 valence electrons. The third kappa shape index (κ3) is 9.88. The topological polar surface area (TPSA) is 38.4 Å². The molecule has 0 heterocycles. The Kier molecular flexibility index (Phi) is 10.8. The van der Waals surface area contributed by atoms with E-state index in [-0.39, 0.29) is 6.61 Å². The van der Waals surface area contributed by atoms with Gasteiger partial charge < -0.3 is 9.47 Å². The zero-order valence-electron chi connectivity index (χ0n) is 7.88. The molecule has 0 bridgehead atoms. The molecule has 0 rings (SSSR count). The Morgan fingerprint density at radius 2 is 1.67 bits per heavy atom. The van der Waals surface area contributed by atoms with Crippen molar-refractivity contribution in [3.63, 3.8) is 0 Å². The van der Waals surface area contributed by atoms with Crippen molar-refractivity contribution in [1.29, 1.82) is 0 Å². The number of hydrogen-bond acceptors (Lipinski definition) is 2. The third-order valence-corrected chi connectivity index (χ3v) is 1.49. The van der Waals surface area contributed by atoms with Gasteiger partial charge in [0.2, 0.25) is 0 Å². The van der Waals surface area contributed by atoms with Crippen molar-refractivity contribution in [2.45, 2.75) is 32.6 Å². The maximum atomic E-state index is 10.0. The average molecular weight is 175 g/mol. The average Bonchev–Trinajstić information content (AvgIpc) is 2.10. The van der Waals surface area contributed by atoms with Crippen molar-refractivity contribution >= 4 is 0 Å². The van der Waals surface area contributed by atoms with Crippen molar-refractivity contribution in [2.24, 2.45) is 0 Å². The summed E-state index contributed by atoms with van der Waals surface area (Å²) >= 11 is 0. The van der Waals surface area contributed by atoms with Crippen LogP contribution in [-0.4, -0.2) is 26.6 Å². The van der Waals surface area contributed by atoms with Crippen LogP contribution in [0.3, 0.4) is 0 Å². The van der Waals surface area contributed by atoms with E-state index < -0.39 is 0 Å². The van der Waals surface area contributed by atoms with Crippen LogP contribution >= 0.6 is 0 Å². The molecule has 0 atom stereocenters. The first-order valence-electron chi connectivity index (χ1n) is 4.65. The molecule has 0 aromatic heterocycles. The van der Waals surface area contributed by atoms with Gasteiger partial charge in [-0.25, -0.2) is 5.11 Å². The van der Waals surface area contributed by atoms with Crippen LogP contribution in [0.4, 0.5) is 0 Å². The molecule has 0 spiro atoms. The molecule has 12 heavy (non-hydrogen) atoms. The van der Waals surface area contributed by atoms with Gasteiger partial charge in [-0.15, -0.1) is 0 Å². The normalized spacial score (nSPS) is 10.5. The Morgan fingerprint density at radius 3 is 2.25 bits per heavy atom. The highest BCUT2D eigenvalue weighted by Crippen LogP contribution is 1.91. The van der Waals surface area contributed by atoms with Crippen LogP contribution in [0.2, 0.25) is 0 Å². The lowest BCUT2D eigenvalue weighted by atomic mass is 10.3. The SMILES string of the molecule is CCCCOCOCCCC[O]. The van der Waals surface area contributed by atoms with E-state index in [2.05, 4.69) is 6.92 Å². The van der Waals surface area contributed by atoms with Gasteiger partial charge in [0.1, 0.15) is 6.79 Å². The fourth-order valence-electron chi connectivity index (χ4n) is 0.729. The van der Waals surface area contributed by atoms with Crippen molar-refractivity contribution in [2.75, 3.05) is 26.6 Å². The van der Waals surface area contributed by atoms with Gasteiger partial charge in [0, 0.05) is 13.2 Å². The summed E-state index contributed by atoms with van der Waals surface area (Å²) in [5, 5.41) is 10.0. The lowest BCUT2D eigenvalue weighted by Crippen LogP contribution is -2.03. The van der Waals surface area contributed by atoms with Gasteiger partial charge in [0.15, 0.2) is 0 Å². The molecule has 0 saturated heterocycles. The molecule has 0 unspecified atom stereocenters. The lowest BCUT2D eigenvalue weighted by molar-refractivity contribution is -0.0561. The highest BCUT2D eigenvalue weighted by atomic mass is 16.7.